The second kappa shape index (κ2) is 5.99. The molecule has 0 aliphatic rings. The van der Waals surface area contributed by atoms with E-state index in [0.29, 0.717) is 5.75 Å². The number of rotatable bonds is 7. The molecule has 1 N–H and O–H groups in total. The van der Waals surface area contributed by atoms with Gasteiger partial charge in [0.1, 0.15) is 5.75 Å². The second-order valence-electron chi connectivity index (χ2n) is 4.47. The van der Waals surface area contributed by atoms with Crippen LogP contribution in [0.4, 0.5) is 5.69 Å². The molecule has 0 heterocycles. The molecule has 0 fully saturated rings. The number of carboxylic acid groups (broad SMARTS) is 1. The summed E-state index contributed by atoms with van der Waals surface area (Å²) in [4.78, 5) is 20.7. The highest BCUT2D eigenvalue weighted by molar-refractivity contribution is 5.68. The molecule has 1 aromatic rings. The zero-order chi connectivity index (χ0) is 14.5. The minimum absolute atomic E-state index is 0.0237. The first-order valence-corrected chi connectivity index (χ1v) is 5.59. The molecule has 0 spiro atoms. The SMILES string of the molecule is C=CC(C)(COc1ccc([N+](=O)[O-])cc1)CC(=O)O. The lowest BCUT2D eigenvalue weighted by molar-refractivity contribution is -0.384. The summed E-state index contributed by atoms with van der Waals surface area (Å²) in [7, 11) is 0. The number of aliphatic carboxylic acids is 1. The van der Waals surface area contributed by atoms with Crippen molar-refractivity contribution in [2.75, 3.05) is 6.61 Å². The molecule has 1 unspecified atom stereocenters. The molecular weight excluding hydrogens is 250 g/mol. The molecule has 1 rings (SSSR count). The molecule has 0 bridgehead atoms. The van der Waals surface area contributed by atoms with Crippen molar-refractivity contribution in [3.05, 3.63) is 47.0 Å². The lowest BCUT2D eigenvalue weighted by Gasteiger charge is -2.23. The Morgan fingerprint density at radius 3 is 2.53 bits per heavy atom. The molecule has 6 nitrogen and oxygen atoms in total. The molecule has 6 heteroatoms. The fraction of sp³-hybridized carbons (Fsp3) is 0.308. The summed E-state index contributed by atoms with van der Waals surface area (Å²) in [6.07, 6.45) is 1.44. The first-order chi connectivity index (χ1) is 8.86. The maximum Gasteiger partial charge on any atom is 0.304 e. The number of hydrogen-bond donors (Lipinski definition) is 1. The third kappa shape index (κ3) is 4.42. The predicted octanol–water partition coefficient (Wildman–Crippen LogP) is 2.64. The summed E-state index contributed by atoms with van der Waals surface area (Å²) in [6.45, 7) is 5.46. The normalized spacial score (nSPS) is 13.3. The van der Waals surface area contributed by atoms with Gasteiger partial charge in [0.25, 0.3) is 5.69 Å². The fourth-order valence-corrected chi connectivity index (χ4v) is 1.44. The molecule has 102 valence electrons. The van der Waals surface area contributed by atoms with Gasteiger partial charge in [0.15, 0.2) is 0 Å². The summed E-state index contributed by atoms with van der Waals surface area (Å²) in [5, 5.41) is 19.3. The molecule has 0 radical (unpaired) electrons. The molecule has 0 saturated heterocycles. The second-order valence-corrected chi connectivity index (χ2v) is 4.47. The van der Waals surface area contributed by atoms with Gasteiger partial charge in [0.2, 0.25) is 0 Å². The summed E-state index contributed by atoms with van der Waals surface area (Å²) in [5.41, 5.74) is -0.711. The van der Waals surface area contributed by atoms with Crippen molar-refractivity contribution >= 4 is 11.7 Å². The van der Waals surface area contributed by atoms with Crippen LogP contribution >= 0.6 is 0 Å². The Balaban J connectivity index is 2.67. The molecule has 0 saturated carbocycles. The highest BCUT2D eigenvalue weighted by Crippen LogP contribution is 2.25. The number of carbonyl (C=O) groups is 1. The van der Waals surface area contributed by atoms with Crippen LogP contribution in [-0.2, 0) is 4.79 Å². The quantitative estimate of drug-likeness (QED) is 0.465. The van der Waals surface area contributed by atoms with Crippen molar-refractivity contribution in [2.24, 2.45) is 5.41 Å². The topological polar surface area (TPSA) is 89.7 Å². The van der Waals surface area contributed by atoms with E-state index < -0.39 is 16.3 Å². The van der Waals surface area contributed by atoms with Crippen molar-refractivity contribution in [3.8, 4) is 5.75 Å². The van der Waals surface area contributed by atoms with Gasteiger partial charge in [-0.25, -0.2) is 0 Å². The summed E-state index contributed by atoms with van der Waals surface area (Å²) >= 11 is 0. The highest BCUT2D eigenvalue weighted by Gasteiger charge is 2.25. The minimum atomic E-state index is -0.935. The average Bonchev–Trinajstić information content (AvgIpc) is 2.36. The van der Waals surface area contributed by atoms with Crippen LogP contribution in [0, 0.1) is 15.5 Å². The van der Waals surface area contributed by atoms with E-state index in [1.807, 2.05) is 0 Å². The van der Waals surface area contributed by atoms with E-state index in [1.54, 1.807) is 6.92 Å². The molecular formula is C13H15NO5. The Bertz CT molecular complexity index is 482. The van der Waals surface area contributed by atoms with Crippen LogP contribution in [0.25, 0.3) is 0 Å². The summed E-state index contributed by atoms with van der Waals surface area (Å²) < 4.78 is 5.44. The number of hydrogen-bond acceptors (Lipinski definition) is 4. The number of ether oxygens (including phenoxy) is 1. The largest absolute Gasteiger partial charge is 0.493 e. The van der Waals surface area contributed by atoms with Crippen LogP contribution < -0.4 is 4.74 Å². The van der Waals surface area contributed by atoms with Crippen molar-refractivity contribution in [1.82, 2.24) is 0 Å². The Hall–Kier alpha value is -2.37. The summed E-state index contributed by atoms with van der Waals surface area (Å²) in [5.74, 6) is -0.487. The number of non-ortho nitro benzene ring substituents is 1. The maximum atomic E-state index is 10.7. The fourth-order valence-electron chi connectivity index (χ4n) is 1.44. The van der Waals surface area contributed by atoms with Crippen molar-refractivity contribution in [1.29, 1.82) is 0 Å². The standard InChI is InChI=1S/C13H15NO5/c1-3-13(2,8-12(15)16)9-19-11-6-4-10(5-7-11)14(17)18/h3-7H,1,8-9H2,2H3,(H,15,16). The lowest BCUT2D eigenvalue weighted by atomic mass is 9.88. The monoisotopic (exact) mass is 265 g/mol. The van der Waals surface area contributed by atoms with E-state index in [1.165, 1.54) is 30.3 Å². The number of nitro benzene ring substituents is 1. The van der Waals surface area contributed by atoms with Gasteiger partial charge in [0.05, 0.1) is 18.0 Å². The molecule has 0 aliphatic carbocycles. The molecule has 1 aromatic carbocycles. The average molecular weight is 265 g/mol. The molecule has 0 aliphatic heterocycles. The predicted molar refractivity (Wildman–Crippen MR) is 69.1 cm³/mol. The van der Waals surface area contributed by atoms with Gasteiger partial charge in [0, 0.05) is 17.5 Å². The van der Waals surface area contributed by atoms with Crippen LogP contribution in [0.2, 0.25) is 0 Å². The third-order valence-electron chi connectivity index (χ3n) is 2.66. The van der Waals surface area contributed by atoms with Gasteiger partial charge in [-0.05, 0) is 12.1 Å². The van der Waals surface area contributed by atoms with Crippen LogP contribution in [0.15, 0.2) is 36.9 Å². The van der Waals surface area contributed by atoms with Gasteiger partial charge in [-0.3, -0.25) is 14.9 Å². The number of benzene rings is 1. The number of nitro groups is 1. The minimum Gasteiger partial charge on any atom is -0.493 e. The van der Waals surface area contributed by atoms with E-state index in [4.69, 9.17) is 9.84 Å². The van der Waals surface area contributed by atoms with Crippen LogP contribution in [-0.4, -0.2) is 22.6 Å². The van der Waals surface area contributed by atoms with E-state index in [0.717, 1.165) is 0 Å². The molecule has 1 atom stereocenters. The number of carboxylic acids is 1. The van der Waals surface area contributed by atoms with Crippen molar-refractivity contribution in [3.63, 3.8) is 0 Å². The van der Waals surface area contributed by atoms with Gasteiger partial charge in [-0.15, -0.1) is 6.58 Å². The van der Waals surface area contributed by atoms with Gasteiger partial charge >= 0.3 is 5.97 Å². The Kier molecular flexibility index (Phi) is 4.63. The van der Waals surface area contributed by atoms with Crippen molar-refractivity contribution in [2.45, 2.75) is 13.3 Å². The zero-order valence-corrected chi connectivity index (χ0v) is 10.5. The Labute approximate surface area is 110 Å². The third-order valence-corrected chi connectivity index (χ3v) is 2.66. The van der Waals surface area contributed by atoms with Crippen LogP contribution in [0.1, 0.15) is 13.3 Å². The van der Waals surface area contributed by atoms with Crippen LogP contribution in [0.3, 0.4) is 0 Å². The Morgan fingerprint density at radius 2 is 2.11 bits per heavy atom. The van der Waals surface area contributed by atoms with Gasteiger partial charge < -0.3 is 9.84 Å². The molecule has 0 amide bonds. The summed E-state index contributed by atoms with van der Waals surface area (Å²) in [6, 6.07) is 5.61. The van der Waals surface area contributed by atoms with Gasteiger partial charge in [-0.2, -0.15) is 0 Å². The van der Waals surface area contributed by atoms with E-state index in [9.17, 15) is 14.9 Å². The maximum absolute atomic E-state index is 10.7. The first kappa shape index (κ1) is 14.7. The lowest BCUT2D eigenvalue weighted by Crippen LogP contribution is -2.25. The zero-order valence-electron chi connectivity index (χ0n) is 10.5. The molecule has 0 aromatic heterocycles. The smallest absolute Gasteiger partial charge is 0.304 e. The van der Waals surface area contributed by atoms with Crippen LogP contribution in [0.5, 0.6) is 5.75 Å². The first-order valence-electron chi connectivity index (χ1n) is 5.59. The van der Waals surface area contributed by atoms with Crippen molar-refractivity contribution < 1.29 is 19.6 Å². The Morgan fingerprint density at radius 1 is 1.53 bits per heavy atom. The van der Waals surface area contributed by atoms with Gasteiger partial charge in [-0.1, -0.05) is 13.0 Å². The van der Waals surface area contributed by atoms with E-state index in [2.05, 4.69) is 6.58 Å². The van der Waals surface area contributed by atoms with E-state index in [-0.39, 0.29) is 18.7 Å². The highest BCUT2D eigenvalue weighted by atomic mass is 16.6. The molecule has 19 heavy (non-hydrogen) atoms. The van der Waals surface area contributed by atoms with E-state index >= 15 is 0 Å². The number of nitrogens with zero attached hydrogens (tertiary/aromatic N) is 1.